The third kappa shape index (κ3) is 4.70. The summed E-state index contributed by atoms with van der Waals surface area (Å²) in [5.41, 5.74) is 2.29. The Bertz CT molecular complexity index is 1030. The number of nitrogens with one attached hydrogen (secondary N) is 2. The minimum Gasteiger partial charge on any atom is -0.467 e. The first-order valence-electron chi connectivity index (χ1n) is 10.3. The summed E-state index contributed by atoms with van der Waals surface area (Å²) in [4.78, 5) is 30.3. The van der Waals surface area contributed by atoms with Gasteiger partial charge in [-0.3, -0.25) is 4.79 Å². The highest BCUT2D eigenvalue weighted by molar-refractivity contribution is 5.80. The van der Waals surface area contributed by atoms with Crippen molar-refractivity contribution >= 4 is 16.9 Å². The lowest BCUT2D eigenvalue weighted by Gasteiger charge is -2.28. The molecule has 2 heterocycles. The molecule has 3 aromatic rings. The highest BCUT2D eigenvalue weighted by Gasteiger charge is 2.22. The van der Waals surface area contributed by atoms with Gasteiger partial charge in [-0.1, -0.05) is 31.4 Å². The number of fused-ring (bicyclic) bond motifs is 1. The van der Waals surface area contributed by atoms with E-state index in [1.165, 1.54) is 6.42 Å². The lowest BCUT2D eigenvalue weighted by molar-refractivity contribution is 0.179. The fourth-order valence-corrected chi connectivity index (χ4v) is 3.99. The van der Waals surface area contributed by atoms with E-state index < -0.39 is 0 Å². The van der Waals surface area contributed by atoms with Crippen molar-refractivity contribution in [1.29, 1.82) is 0 Å². The molecule has 0 atom stereocenters. The molecule has 2 N–H and O–H groups in total. The van der Waals surface area contributed by atoms with Crippen molar-refractivity contribution < 1.29 is 9.21 Å². The molecule has 1 aliphatic rings. The van der Waals surface area contributed by atoms with Gasteiger partial charge in [0.25, 0.3) is 5.56 Å². The number of aryl methyl sites for hydroxylation is 1. The van der Waals surface area contributed by atoms with E-state index in [1.54, 1.807) is 17.2 Å². The number of benzene rings is 1. The van der Waals surface area contributed by atoms with Crippen LogP contribution >= 0.6 is 0 Å². The van der Waals surface area contributed by atoms with E-state index in [4.69, 9.17) is 4.42 Å². The summed E-state index contributed by atoms with van der Waals surface area (Å²) in [5.74, 6) is 0.691. The third-order valence-corrected chi connectivity index (χ3v) is 5.59. The minimum absolute atomic E-state index is 0.156. The Morgan fingerprint density at radius 3 is 2.76 bits per heavy atom. The number of carbonyl (C=O) groups is 1. The molecular formula is C23H27N3O3. The number of amides is 2. The van der Waals surface area contributed by atoms with Crippen LogP contribution in [0.25, 0.3) is 10.9 Å². The highest BCUT2D eigenvalue weighted by atomic mass is 16.3. The van der Waals surface area contributed by atoms with Gasteiger partial charge >= 0.3 is 6.03 Å². The Kier molecular flexibility index (Phi) is 5.69. The summed E-state index contributed by atoms with van der Waals surface area (Å²) in [6, 6.07) is 11.5. The first-order chi connectivity index (χ1) is 14.1. The van der Waals surface area contributed by atoms with E-state index in [0.717, 1.165) is 42.1 Å². The fraction of sp³-hybridized carbons (Fsp3) is 0.391. The maximum absolute atomic E-state index is 13.0. The molecule has 1 saturated carbocycles. The summed E-state index contributed by atoms with van der Waals surface area (Å²) >= 11 is 0. The van der Waals surface area contributed by atoms with E-state index in [2.05, 4.69) is 10.3 Å². The molecule has 1 aromatic carbocycles. The van der Waals surface area contributed by atoms with Gasteiger partial charge in [-0.25, -0.2) is 4.79 Å². The lowest BCUT2D eigenvalue weighted by atomic mass is 9.96. The predicted molar refractivity (Wildman–Crippen MR) is 113 cm³/mol. The van der Waals surface area contributed by atoms with Crippen LogP contribution in [-0.2, 0) is 13.1 Å². The van der Waals surface area contributed by atoms with Crippen LogP contribution in [0, 0.1) is 6.92 Å². The molecule has 0 saturated heterocycles. The van der Waals surface area contributed by atoms with Crippen molar-refractivity contribution in [3.63, 3.8) is 0 Å². The summed E-state index contributed by atoms with van der Waals surface area (Å²) in [7, 11) is 0. The summed E-state index contributed by atoms with van der Waals surface area (Å²) < 4.78 is 5.45. The number of pyridine rings is 1. The second kappa shape index (κ2) is 8.55. The molecule has 0 aliphatic heterocycles. The molecule has 0 bridgehead atoms. The van der Waals surface area contributed by atoms with Crippen molar-refractivity contribution in [2.24, 2.45) is 0 Å². The number of rotatable bonds is 5. The standard InChI is InChI=1S/C23H27N3O3/c1-16-9-10-17-13-18(22(27)25-21(17)12-16)14-26(15-20-8-5-11-29-20)23(28)24-19-6-3-2-4-7-19/h5,8-13,19H,2-4,6-7,14-15H2,1H3,(H,24,28)(H,25,27). The molecular weight excluding hydrogens is 366 g/mol. The number of carbonyl (C=O) groups excluding carboxylic acids is 1. The zero-order valence-electron chi connectivity index (χ0n) is 16.7. The Hall–Kier alpha value is -3.02. The van der Waals surface area contributed by atoms with E-state index in [9.17, 15) is 9.59 Å². The molecule has 29 heavy (non-hydrogen) atoms. The maximum atomic E-state index is 13.0. The average molecular weight is 393 g/mol. The molecule has 2 aromatic heterocycles. The highest BCUT2D eigenvalue weighted by Crippen LogP contribution is 2.19. The maximum Gasteiger partial charge on any atom is 0.318 e. The number of aromatic amines is 1. The number of urea groups is 1. The third-order valence-electron chi connectivity index (χ3n) is 5.59. The molecule has 1 aliphatic carbocycles. The first-order valence-corrected chi connectivity index (χ1v) is 10.3. The monoisotopic (exact) mass is 393 g/mol. The van der Waals surface area contributed by atoms with Gasteiger partial charge < -0.3 is 19.6 Å². The van der Waals surface area contributed by atoms with Crippen LogP contribution in [0.2, 0.25) is 0 Å². The number of nitrogens with zero attached hydrogens (tertiary/aromatic N) is 1. The van der Waals surface area contributed by atoms with Crippen LogP contribution in [0.15, 0.2) is 51.9 Å². The molecule has 0 unspecified atom stereocenters. The van der Waals surface area contributed by atoms with Gasteiger partial charge in [-0.2, -0.15) is 0 Å². The van der Waals surface area contributed by atoms with Crippen LogP contribution in [0.1, 0.15) is 49.0 Å². The molecule has 6 nitrogen and oxygen atoms in total. The largest absolute Gasteiger partial charge is 0.467 e. The topological polar surface area (TPSA) is 78.3 Å². The van der Waals surface area contributed by atoms with E-state index >= 15 is 0 Å². The second-order valence-electron chi connectivity index (χ2n) is 7.93. The fourth-order valence-electron chi connectivity index (χ4n) is 3.99. The van der Waals surface area contributed by atoms with Crippen LogP contribution in [0.5, 0.6) is 0 Å². The van der Waals surface area contributed by atoms with E-state index in [1.807, 2.05) is 37.3 Å². The molecule has 0 radical (unpaired) electrons. The van der Waals surface area contributed by atoms with Gasteiger partial charge in [-0.15, -0.1) is 0 Å². The van der Waals surface area contributed by atoms with Crippen molar-refractivity contribution in [2.75, 3.05) is 0 Å². The zero-order valence-corrected chi connectivity index (χ0v) is 16.7. The minimum atomic E-state index is -0.169. The van der Waals surface area contributed by atoms with Crippen LogP contribution in [-0.4, -0.2) is 22.0 Å². The Morgan fingerprint density at radius 2 is 2.00 bits per heavy atom. The van der Waals surface area contributed by atoms with Gasteiger partial charge in [0.05, 0.1) is 19.4 Å². The van der Waals surface area contributed by atoms with Crippen molar-refractivity contribution in [3.05, 3.63) is 69.9 Å². The molecule has 6 heteroatoms. The molecule has 152 valence electrons. The number of furan rings is 1. The first kappa shape index (κ1) is 19.3. The normalized spacial score (nSPS) is 14.8. The quantitative estimate of drug-likeness (QED) is 0.671. The molecule has 2 amide bonds. The van der Waals surface area contributed by atoms with Crippen molar-refractivity contribution in [2.45, 2.75) is 58.2 Å². The van der Waals surface area contributed by atoms with Gasteiger partial charge in [-0.05, 0) is 55.0 Å². The molecule has 1 fully saturated rings. The molecule has 4 rings (SSSR count). The SMILES string of the molecule is Cc1ccc2cc(CN(Cc3ccco3)C(=O)NC3CCCCC3)c(=O)[nH]c2c1. The van der Waals surface area contributed by atoms with Crippen LogP contribution in [0.3, 0.4) is 0 Å². The van der Waals surface area contributed by atoms with Crippen LogP contribution < -0.4 is 10.9 Å². The number of hydrogen-bond donors (Lipinski definition) is 2. The summed E-state index contributed by atoms with van der Waals surface area (Å²) in [6.07, 6.45) is 7.14. The second-order valence-corrected chi connectivity index (χ2v) is 7.93. The zero-order chi connectivity index (χ0) is 20.2. The van der Waals surface area contributed by atoms with Gasteiger partial charge in [0, 0.05) is 17.1 Å². The van der Waals surface area contributed by atoms with Crippen LogP contribution in [0.4, 0.5) is 4.79 Å². The van der Waals surface area contributed by atoms with E-state index in [-0.39, 0.29) is 24.2 Å². The number of H-pyrrole nitrogens is 1. The van der Waals surface area contributed by atoms with E-state index in [0.29, 0.717) is 17.9 Å². The average Bonchev–Trinajstić information content (AvgIpc) is 3.22. The van der Waals surface area contributed by atoms with Crippen molar-refractivity contribution in [3.8, 4) is 0 Å². The Balaban J connectivity index is 1.58. The molecule has 0 spiro atoms. The van der Waals surface area contributed by atoms with Gasteiger partial charge in [0.15, 0.2) is 0 Å². The summed E-state index contributed by atoms with van der Waals surface area (Å²) in [6.45, 7) is 2.53. The lowest BCUT2D eigenvalue weighted by Crippen LogP contribution is -2.45. The number of aromatic nitrogens is 1. The predicted octanol–water partition coefficient (Wildman–Crippen LogP) is 4.47. The number of hydrogen-bond acceptors (Lipinski definition) is 3. The smallest absolute Gasteiger partial charge is 0.318 e. The Labute approximate surface area is 169 Å². The van der Waals surface area contributed by atoms with Gasteiger partial charge in [0.1, 0.15) is 5.76 Å². The summed E-state index contributed by atoms with van der Waals surface area (Å²) in [5, 5.41) is 4.10. The van der Waals surface area contributed by atoms with Crippen molar-refractivity contribution in [1.82, 2.24) is 15.2 Å². The Morgan fingerprint density at radius 1 is 1.17 bits per heavy atom. The van der Waals surface area contributed by atoms with Gasteiger partial charge in [0.2, 0.25) is 0 Å².